The summed E-state index contributed by atoms with van der Waals surface area (Å²) in [5, 5.41) is 34.0. The molecule has 0 saturated carbocycles. The van der Waals surface area contributed by atoms with Gasteiger partial charge in [-0.1, -0.05) is 75.2 Å². The molecule has 1 aliphatic rings. The van der Waals surface area contributed by atoms with Gasteiger partial charge in [-0.3, -0.25) is 4.79 Å². The Bertz CT molecular complexity index is 1600. The summed E-state index contributed by atoms with van der Waals surface area (Å²) in [5.41, 5.74) is 0.711. The Hall–Kier alpha value is -3.41. The van der Waals surface area contributed by atoms with Crippen molar-refractivity contribution in [1.29, 1.82) is 0 Å². The van der Waals surface area contributed by atoms with Gasteiger partial charge in [0.05, 0.1) is 21.2 Å². The summed E-state index contributed by atoms with van der Waals surface area (Å²) < 4.78 is 34.2. The highest BCUT2D eigenvalue weighted by atomic mass is 79.9. The Labute approximate surface area is 266 Å². The zero-order valence-electron chi connectivity index (χ0n) is 24.7. The predicted octanol–water partition coefficient (Wildman–Crippen LogP) is 5.21. The quantitative estimate of drug-likeness (QED) is 0.203. The van der Waals surface area contributed by atoms with Gasteiger partial charge in [0.1, 0.15) is 17.5 Å². The van der Waals surface area contributed by atoms with Crippen LogP contribution in [0.1, 0.15) is 62.1 Å². The number of para-hydroxylation sites is 1. The van der Waals surface area contributed by atoms with E-state index in [1.54, 1.807) is 24.3 Å². The number of nitrogens with one attached hydrogen (secondary N) is 1. The van der Waals surface area contributed by atoms with Gasteiger partial charge in [0.2, 0.25) is 0 Å². The highest BCUT2D eigenvalue weighted by Crippen LogP contribution is 2.50. The second-order valence-corrected chi connectivity index (χ2v) is 14.1. The van der Waals surface area contributed by atoms with Crippen LogP contribution in [0.4, 0.5) is 0 Å². The minimum atomic E-state index is -3.91. The second kappa shape index (κ2) is 14.1. The molecule has 0 unspecified atom stereocenters. The normalized spacial score (nSPS) is 21.5. The molecule has 0 radical (unpaired) electrons. The third kappa shape index (κ3) is 7.27. The number of phenols is 1. The fourth-order valence-corrected chi connectivity index (χ4v) is 8.72. The van der Waals surface area contributed by atoms with E-state index in [0.29, 0.717) is 28.4 Å². The number of aliphatic carboxylic acids is 1. The maximum Gasteiger partial charge on any atom is 0.326 e. The minimum absolute atomic E-state index is 0.0267. The Morgan fingerprint density at radius 1 is 1.09 bits per heavy atom. The first-order valence-electron chi connectivity index (χ1n) is 14.6. The first-order valence-corrected chi connectivity index (χ1v) is 17.1. The molecular weight excluding hydrogens is 650 g/mol. The molecule has 0 aromatic heterocycles. The minimum Gasteiger partial charge on any atom is -0.508 e. The standard InChI is InChI=1S/C33H38BrNO8S/c1-3-5-15-33(4-2)20-44(41,42)28-18-27(24(34)17-23(28)30(31(33)38)21-11-7-6-8-12-21)43-19-29(37)35-25(32(39)40)16-22-13-9-10-14-26(22)36/h6-14,17-18,25,30-31,36,38H,3-5,15-16,19-20H2,1-2H3,(H,35,37)(H,39,40)/t25-,30-,31-,33-/m1/s1. The lowest BCUT2D eigenvalue weighted by atomic mass is 9.69. The molecule has 9 nitrogen and oxygen atoms in total. The number of phenolic OH excluding ortho intramolecular Hbond substituents is 1. The smallest absolute Gasteiger partial charge is 0.326 e. The summed E-state index contributed by atoms with van der Waals surface area (Å²) in [5.74, 6) is -2.87. The van der Waals surface area contributed by atoms with Crippen molar-refractivity contribution in [2.24, 2.45) is 5.41 Å². The van der Waals surface area contributed by atoms with E-state index in [1.807, 2.05) is 44.2 Å². The molecule has 4 atom stereocenters. The van der Waals surface area contributed by atoms with E-state index in [9.17, 15) is 33.3 Å². The van der Waals surface area contributed by atoms with E-state index in [0.717, 1.165) is 18.4 Å². The van der Waals surface area contributed by atoms with Crippen molar-refractivity contribution in [3.8, 4) is 11.5 Å². The number of aliphatic hydroxyl groups excluding tert-OH is 1. The van der Waals surface area contributed by atoms with Crippen molar-refractivity contribution in [2.45, 2.75) is 68.9 Å². The lowest BCUT2D eigenvalue weighted by molar-refractivity contribution is -0.142. The number of carboxylic acids is 1. The second-order valence-electron chi connectivity index (χ2n) is 11.3. The average Bonchev–Trinajstić information content (AvgIpc) is 3.06. The number of unbranched alkanes of at least 4 members (excludes halogenated alkanes) is 1. The largest absolute Gasteiger partial charge is 0.508 e. The van der Waals surface area contributed by atoms with Crippen molar-refractivity contribution < 1.29 is 38.1 Å². The first-order chi connectivity index (χ1) is 20.9. The molecule has 4 rings (SSSR count). The molecule has 3 aromatic carbocycles. The van der Waals surface area contributed by atoms with Gasteiger partial charge in [-0.2, -0.15) is 0 Å². The number of aromatic hydroxyl groups is 1. The number of sulfone groups is 1. The average molecular weight is 689 g/mol. The zero-order chi connectivity index (χ0) is 32.1. The maximum atomic E-state index is 14.0. The lowest BCUT2D eigenvalue weighted by Crippen LogP contribution is -2.44. The van der Waals surface area contributed by atoms with Crippen LogP contribution in [-0.2, 0) is 25.8 Å². The molecule has 0 fully saturated rings. The van der Waals surface area contributed by atoms with Crippen LogP contribution < -0.4 is 10.1 Å². The number of carbonyl (C=O) groups excluding carboxylic acids is 1. The fourth-order valence-electron chi connectivity index (χ4n) is 5.98. The Kier molecular flexibility index (Phi) is 10.8. The number of carboxylic acid groups (broad SMARTS) is 1. The number of ether oxygens (including phenoxy) is 1. The molecule has 11 heteroatoms. The van der Waals surface area contributed by atoms with Crippen LogP contribution in [0.5, 0.6) is 11.5 Å². The summed E-state index contributed by atoms with van der Waals surface area (Å²) in [7, 11) is -3.91. The molecule has 44 heavy (non-hydrogen) atoms. The number of benzene rings is 3. The monoisotopic (exact) mass is 687 g/mol. The van der Waals surface area contributed by atoms with Crippen molar-refractivity contribution in [1.82, 2.24) is 5.32 Å². The molecule has 3 aromatic rings. The number of hydrogen-bond donors (Lipinski definition) is 4. The highest BCUT2D eigenvalue weighted by Gasteiger charge is 2.49. The molecule has 0 saturated heterocycles. The molecule has 236 valence electrons. The number of aliphatic hydroxyl groups is 1. The number of halogens is 1. The fraction of sp³-hybridized carbons (Fsp3) is 0.394. The van der Waals surface area contributed by atoms with Crippen LogP contribution in [0.15, 0.2) is 76.1 Å². The van der Waals surface area contributed by atoms with Gasteiger partial charge < -0.3 is 25.4 Å². The Morgan fingerprint density at radius 2 is 1.77 bits per heavy atom. The number of fused-ring (bicyclic) bond motifs is 1. The molecule has 1 aliphatic heterocycles. The molecular formula is C33H38BrNO8S. The molecule has 0 spiro atoms. The van der Waals surface area contributed by atoms with Crippen molar-refractivity contribution in [3.63, 3.8) is 0 Å². The van der Waals surface area contributed by atoms with Crippen LogP contribution in [-0.4, -0.2) is 60.1 Å². The number of amides is 1. The zero-order valence-corrected chi connectivity index (χ0v) is 27.1. The molecule has 0 aliphatic carbocycles. The van der Waals surface area contributed by atoms with Gasteiger partial charge >= 0.3 is 5.97 Å². The van der Waals surface area contributed by atoms with Crippen LogP contribution in [0.25, 0.3) is 0 Å². The van der Waals surface area contributed by atoms with Crippen LogP contribution in [0.3, 0.4) is 0 Å². The van der Waals surface area contributed by atoms with E-state index in [1.165, 1.54) is 12.1 Å². The van der Waals surface area contributed by atoms with Crippen LogP contribution in [0.2, 0.25) is 0 Å². The van der Waals surface area contributed by atoms with E-state index in [-0.39, 0.29) is 28.6 Å². The number of hydrogen-bond acceptors (Lipinski definition) is 7. The summed E-state index contributed by atoms with van der Waals surface area (Å²) >= 11 is 3.47. The Balaban J connectivity index is 1.65. The third-order valence-electron chi connectivity index (χ3n) is 8.45. The van der Waals surface area contributed by atoms with Crippen molar-refractivity contribution >= 4 is 37.6 Å². The van der Waals surface area contributed by atoms with Crippen molar-refractivity contribution in [3.05, 3.63) is 87.9 Å². The lowest BCUT2D eigenvalue weighted by Gasteiger charge is -2.39. The summed E-state index contributed by atoms with van der Waals surface area (Å²) in [4.78, 5) is 24.6. The molecule has 0 bridgehead atoms. The van der Waals surface area contributed by atoms with Gasteiger partial charge in [0.15, 0.2) is 16.4 Å². The van der Waals surface area contributed by atoms with Gasteiger partial charge in [-0.25, -0.2) is 13.2 Å². The first kappa shape index (κ1) is 33.5. The maximum absolute atomic E-state index is 14.0. The van der Waals surface area contributed by atoms with E-state index < -0.39 is 51.8 Å². The highest BCUT2D eigenvalue weighted by molar-refractivity contribution is 9.10. The SMILES string of the molecule is CCCC[C@]1(CC)CS(=O)(=O)c2cc(OCC(=O)N[C@H](Cc3ccccc3O)C(=O)O)c(Br)cc2[C@@H](c2ccccc2)[C@H]1O. The third-order valence-corrected chi connectivity index (χ3v) is 11.1. The van der Waals surface area contributed by atoms with E-state index in [2.05, 4.69) is 21.2 Å². The number of rotatable bonds is 12. The van der Waals surface area contributed by atoms with Gasteiger partial charge in [-0.05, 0) is 57.6 Å². The predicted molar refractivity (Wildman–Crippen MR) is 170 cm³/mol. The molecule has 1 heterocycles. The molecule has 1 amide bonds. The van der Waals surface area contributed by atoms with E-state index in [4.69, 9.17) is 4.74 Å². The van der Waals surface area contributed by atoms with Gasteiger partial charge in [-0.15, -0.1) is 0 Å². The van der Waals surface area contributed by atoms with Crippen LogP contribution in [0, 0.1) is 5.41 Å². The molecule has 4 N–H and O–H groups in total. The topological polar surface area (TPSA) is 150 Å². The van der Waals surface area contributed by atoms with Gasteiger partial charge in [0.25, 0.3) is 5.91 Å². The Morgan fingerprint density at radius 3 is 2.41 bits per heavy atom. The van der Waals surface area contributed by atoms with E-state index >= 15 is 0 Å². The van der Waals surface area contributed by atoms with Gasteiger partial charge in [0, 0.05) is 23.8 Å². The summed E-state index contributed by atoms with van der Waals surface area (Å²) in [6, 6.07) is 17.3. The summed E-state index contributed by atoms with van der Waals surface area (Å²) in [6.45, 7) is 3.37. The number of carbonyl (C=O) groups is 2. The van der Waals surface area contributed by atoms with Crippen molar-refractivity contribution in [2.75, 3.05) is 12.4 Å². The van der Waals surface area contributed by atoms with Crippen LogP contribution >= 0.6 is 15.9 Å². The summed E-state index contributed by atoms with van der Waals surface area (Å²) in [6.07, 6.45) is 1.54.